The number of anilines is 1. The smallest absolute Gasteiger partial charge is 0.231 e. The number of carbonyl (C=O) groups is 2. The third-order valence-corrected chi connectivity index (χ3v) is 6.86. The lowest BCUT2D eigenvalue weighted by molar-refractivity contribution is -0.136. The van der Waals surface area contributed by atoms with Crippen LogP contribution in [0.1, 0.15) is 12.8 Å². The predicted octanol–water partition coefficient (Wildman–Crippen LogP) is 1.61. The largest absolute Gasteiger partial charge is 0.493 e. The van der Waals surface area contributed by atoms with Crippen molar-refractivity contribution in [2.24, 2.45) is 11.8 Å². The molecule has 0 unspecified atom stereocenters. The lowest BCUT2D eigenvalue weighted by Crippen LogP contribution is -2.42. The van der Waals surface area contributed by atoms with E-state index in [1.807, 2.05) is 12.2 Å². The number of fused-ring (bicyclic) bond motifs is 1. The molecule has 5 atom stereocenters. The van der Waals surface area contributed by atoms with Gasteiger partial charge in [-0.3, -0.25) is 9.59 Å². The summed E-state index contributed by atoms with van der Waals surface area (Å²) in [5.41, 5.74) is -0.246. The Balaban J connectivity index is 1.37. The van der Waals surface area contributed by atoms with E-state index in [1.165, 1.54) is 21.3 Å². The fourth-order valence-corrected chi connectivity index (χ4v) is 5.45. The van der Waals surface area contributed by atoms with E-state index < -0.39 is 23.5 Å². The van der Waals surface area contributed by atoms with E-state index in [-0.39, 0.29) is 17.9 Å². The highest BCUT2D eigenvalue weighted by molar-refractivity contribution is 5.99. The summed E-state index contributed by atoms with van der Waals surface area (Å²) in [4.78, 5) is 28.5. The number of benzene rings is 1. The Hall–Kier alpha value is -2.78. The van der Waals surface area contributed by atoms with Crippen LogP contribution >= 0.6 is 0 Å². The standard InChI is InChI=1S/C23H28N2O7/c1-28-16-9-13(10-17(29-2)20(16)30-3)24-21(26)18-15-6-7-23(32-15)12-25(22(27)19(18)23)11-14-5-4-8-31-14/h6-7,9-10,14-15,18-19H,4-5,8,11-12H2,1-3H3,(H,24,26)/t14-,15-,18-,19-,23+/m1/s1. The number of methoxy groups -OCH3 is 3. The zero-order valence-corrected chi connectivity index (χ0v) is 18.5. The van der Waals surface area contributed by atoms with Crippen molar-refractivity contribution in [3.05, 3.63) is 24.3 Å². The van der Waals surface area contributed by atoms with Gasteiger partial charge in [-0.2, -0.15) is 0 Å². The maximum absolute atomic E-state index is 13.4. The van der Waals surface area contributed by atoms with Crippen LogP contribution in [0.4, 0.5) is 5.69 Å². The highest BCUT2D eigenvalue weighted by Crippen LogP contribution is 2.52. The molecule has 2 bridgehead atoms. The van der Waals surface area contributed by atoms with Gasteiger partial charge in [0.1, 0.15) is 5.60 Å². The van der Waals surface area contributed by atoms with Gasteiger partial charge in [0.2, 0.25) is 17.6 Å². The molecule has 4 aliphatic heterocycles. The number of hydrogen-bond acceptors (Lipinski definition) is 7. The lowest BCUT2D eigenvalue weighted by atomic mass is 9.77. The maximum atomic E-state index is 13.4. The first-order chi connectivity index (χ1) is 15.5. The van der Waals surface area contributed by atoms with Gasteiger partial charge >= 0.3 is 0 Å². The molecule has 0 radical (unpaired) electrons. The number of nitrogens with one attached hydrogen (secondary N) is 1. The molecule has 0 aromatic heterocycles. The number of ether oxygens (including phenoxy) is 5. The van der Waals surface area contributed by atoms with E-state index in [2.05, 4.69) is 5.32 Å². The van der Waals surface area contributed by atoms with E-state index in [4.69, 9.17) is 23.7 Å². The maximum Gasteiger partial charge on any atom is 0.231 e. The van der Waals surface area contributed by atoms with Gasteiger partial charge in [0, 0.05) is 31.0 Å². The molecule has 4 heterocycles. The van der Waals surface area contributed by atoms with Crippen LogP contribution in [0.3, 0.4) is 0 Å². The van der Waals surface area contributed by atoms with Crippen molar-refractivity contribution in [2.45, 2.75) is 30.7 Å². The molecule has 9 nitrogen and oxygen atoms in total. The van der Waals surface area contributed by atoms with Crippen molar-refractivity contribution in [3.63, 3.8) is 0 Å². The quantitative estimate of drug-likeness (QED) is 0.639. The molecule has 1 aromatic carbocycles. The summed E-state index contributed by atoms with van der Waals surface area (Å²) in [5.74, 6) is -0.161. The summed E-state index contributed by atoms with van der Waals surface area (Å²) >= 11 is 0. The second kappa shape index (κ2) is 7.97. The lowest BCUT2D eigenvalue weighted by Gasteiger charge is -2.24. The molecule has 1 aromatic rings. The summed E-state index contributed by atoms with van der Waals surface area (Å²) in [6, 6.07) is 3.33. The van der Waals surface area contributed by atoms with E-state index >= 15 is 0 Å². The number of amides is 2. The normalized spacial score (nSPS) is 32.3. The third kappa shape index (κ3) is 3.22. The first-order valence-corrected chi connectivity index (χ1v) is 10.9. The average Bonchev–Trinajstić information content (AvgIpc) is 3.56. The molecule has 1 spiro atoms. The van der Waals surface area contributed by atoms with Crippen LogP contribution in [0.15, 0.2) is 24.3 Å². The highest BCUT2D eigenvalue weighted by Gasteiger charge is 2.66. The van der Waals surface area contributed by atoms with Crippen molar-refractivity contribution >= 4 is 17.5 Å². The monoisotopic (exact) mass is 444 g/mol. The van der Waals surface area contributed by atoms with Gasteiger partial charge in [-0.1, -0.05) is 12.2 Å². The third-order valence-electron chi connectivity index (χ3n) is 6.86. The molecule has 2 amide bonds. The average molecular weight is 444 g/mol. The second-order valence-corrected chi connectivity index (χ2v) is 8.66. The van der Waals surface area contributed by atoms with E-state index in [9.17, 15) is 9.59 Å². The van der Waals surface area contributed by atoms with E-state index in [1.54, 1.807) is 17.0 Å². The molecular weight excluding hydrogens is 416 g/mol. The Bertz CT molecular complexity index is 933. The SMILES string of the molecule is COc1cc(NC(=O)[C@@H]2[C@H]3C=C[C@@]4(CN(C[C@H]5CCCO5)C(=O)[C@@H]24)O3)cc(OC)c1OC. The molecular formula is C23H28N2O7. The van der Waals surface area contributed by atoms with Crippen molar-refractivity contribution < 1.29 is 33.3 Å². The van der Waals surface area contributed by atoms with Crippen molar-refractivity contribution in [1.29, 1.82) is 0 Å². The number of rotatable bonds is 7. The minimum atomic E-state index is -0.738. The topological polar surface area (TPSA) is 95.6 Å². The van der Waals surface area contributed by atoms with Crippen molar-refractivity contribution in [1.82, 2.24) is 4.90 Å². The minimum absolute atomic E-state index is 0.0441. The summed E-state index contributed by atoms with van der Waals surface area (Å²) in [6.07, 6.45) is 5.46. The summed E-state index contributed by atoms with van der Waals surface area (Å²) in [6.45, 7) is 1.73. The molecule has 3 fully saturated rings. The predicted molar refractivity (Wildman–Crippen MR) is 114 cm³/mol. The number of hydrogen-bond donors (Lipinski definition) is 1. The van der Waals surface area contributed by atoms with Gasteiger partial charge in [0.05, 0.1) is 51.9 Å². The molecule has 9 heteroatoms. The zero-order chi connectivity index (χ0) is 22.5. The number of carbonyl (C=O) groups excluding carboxylic acids is 2. The zero-order valence-electron chi connectivity index (χ0n) is 18.5. The molecule has 0 aliphatic carbocycles. The summed E-state index contributed by atoms with van der Waals surface area (Å²) in [5, 5.41) is 2.92. The molecule has 5 rings (SSSR count). The molecule has 1 N–H and O–H groups in total. The molecule has 172 valence electrons. The molecule has 0 saturated carbocycles. The van der Waals surface area contributed by atoms with Gasteiger partial charge < -0.3 is 33.9 Å². The second-order valence-electron chi connectivity index (χ2n) is 8.66. The van der Waals surface area contributed by atoms with Crippen LogP contribution < -0.4 is 19.5 Å². The van der Waals surface area contributed by atoms with Crippen LogP contribution in [0.2, 0.25) is 0 Å². The Morgan fingerprint density at radius 1 is 1.22 bits per heavy atom. The van der Waals surface area contributed by atoms with Gasteiger partial charge in [0.15, 0.2) is 11.5 Å². The van der Waals surface area contributed by atoms with Gasteiger partial charge in [-0.15, -0.1) is 0 Å². The van der Waals surface area contributed by atoms with Crippen LogP contribution in [0, 0.1) is 11.8 Å². The van der Waals surface area contributed by atoms with Gasteiger partial charge in [0.25, 0.3) is 0 Å². The van der Waals surface area contributed by atoms with Crippen molar-refractivity contribution in [2.75, 3.05) is 46.3 Å². The van der Waals surface area contributed by atoms with Gasteiger partial charge in [-0.25, -0.2) is 0 Å². The molecule has 4 aliphatic rings. The first-order valence-electron chi connectivity index (χ1n) is 10.9. The van der Waals surface area contributed by atoms with E-state index in [0.717, 1.165) is 19.4 Å². The minimum Gasteiger partial charge on any atom is -0.493 e. The number of likely N-dealkylation sites (tertiary alicyclic amines) is 1. The Labute approximate surface area is 186 Å². The van der Waals surface area contributed by atoms with Gasteiger partial charge in [-0.05, 0) is 12.8 Å². The molecule has 32 heavy (non-hydrogen) atoms. The fourth-order valence-electron chi connectivity index (χ4n) is 5.45. The Morgan fingerprint density at radius 3 is 2.59 bits per heavy atom. The Morgan fingerprint density at radius 2 is 1.97 bits per heavy atom. The fraction of sp³-hybridized carbons (Fsp3) is 0.565. The summed E-state index contributed by atoms with van der Waals surface area (Å²) < 4.78 is 28.0. The van der Waals surface area contributed by atoms with Crippen LogP contribution in [-0.4, -0.2) is 75.5 Å². The van der Waals surface area contributed by atoms with Crippen molar-refractivity contribution in [3.8, 4) is 17.2 Å². The Kier molecular flexibility index (Phi) is 5.25. The van der Waals surface area contributed by atoms with Crippen LogP contribution in [-0.2, 0) is 19.1 Å². The highest BCUT2D eigenvalue weighted by atomic mass is 16.5. The summed E-state index contributed by atoms with van der Waals surface area (Å²) in [7, 11) is 4.55. The number of nitrogens with zero attached hydrogens (tertiary/aromatic N) is 1. The molecule has 3 saturated heterocycles. The van der Waals surface area contributed by atoms with E-state index in [0.29, 0.717) is 36.0 Å². The van der Waals surface area contributed by atoms with Crippen LogP contribution in [0.25, 0.3) is 0 Å². The first kappa shape index (κ1) is 21.1. The van der Waals surface area contributed by atoms with Crippen LogP contribution in [0.5, 0.6) is 17.2 Å².